The first-order valence-corrected chi connectivity index (χ1v) is 5.39. The zero-order valence-electron chi connectivity index (χ0n) is 9.91. The van der Waals surface area contributed by atoms with Crippen LogP contribution in [0.3, 0.4) is 0 Å². The fourth-order valence-electron chi connectivity index (χ4n) is 1.69. The molecule has 7 heteroatoms. The summed E-state index contributed by atoms with van der Waals surface area (Å²) in [6.45, 7) is 3.73. The van der Waals surface area contributed by atoms with Crippen LogP contribution in [0.2, 0.25) is 0 Å². The minimum absolute atomic E-state index is 0.00344. The second-order valence-corrected chi connectivity index (χ2v) is 4.13. The molecule has 1 aromatic carbocycles. The highest BCUT2D eigenvalue weighted by Gasteiger charge is 2.26. The number of nitro benzene ring substituents is 1. The number of hydrogen-bond acceptors (Lipinski definition) is 4. The standard InChI is InChI=1S/C11H11N3O4/c1-7(2)10-11(15)18-12-13(10)8-3-5-9(6-4-8)14(16)17/h3-7H,1-2H3/p+1. The van der Waals surface area contributed by atoms with Gasteiger partial charge in [-0.05, 0) is 9.95 Å². The molecule has 1 heterocycles. The second kappa shape index (κ2) is 4.44. The highest BCUT2D eigenvalue weighted by molar-refractivity contribution is 5.36. The molecule has 0 spiro atoms. The van der Waals surface area contributed by atoms with Crippen molar-refractivity contribution in [2.45, 2.75) is 19.8 Å². The number of nitrogens with one attached hydrogen (secondary N) is 1. The molecule has 0 fully saturated rings. The van der Waals surface area contributed by atoms with Crippen LogP contribution in [0.4, 0.5) is 5.69 Å². The van der Waals surface area contributed by atoms with Gasteiger partial charge in [-0.25, -0.2) is 4.79 Å². The molecule has 94 valence electrons. The Morgan fingerprint density at radius 3 is 2.44 bits per heavy atom. The average Bonchev–Trinajstić information content (AvgIpc) is 2.71. The van der Waals surface area contributed by atoms with Crippen molar-refractivity contribution >= 4 is 5.69 Å². The van der Waals surface area contributed by atoms with Gasteiger partial charge in [0.05, 0.1) is 4.92 Å². The normalized spacial score (nSPS) is 10.8. The number of aromatic amines is 1. The van der Waals surface area contributed by atoms with Crippen molar-refractivity contribution in [2.75, 3.05) is 0 Å². The smallest absolute Gasteiger partial charge is 0.283 e. The van der Waals surface area contributed by atoms with E-state index in [2.05, 4.69) is 5.27 Å². The van der Waals surface area contributed by atoms with Crippen LogP contribution >= 0.6 is 0 Å². The van der Waals surface area contributed by atoms with Crippen molar-refractivity contribution in [1.29, 1.82) is 0 Å². The average molecular weight is 250 g/mol. The van der Waals surface area contributed by atoms with E-state index in [0.717, 1.165) is 0 Å². The van der Waals surface area contributed by atoms with Gasteiger partial charge in [0.25, 0.3) is 5.69 Å². The molecule has 1 aromatic heterocycles. The lowest BCUT2D eigenvalue weighted by Gasteiger charge is -1.96. The van der Waals surface area contributed by atoms with Gasteiger partial charge in [0.2, 0.25) is 5.69 Å². The molecule has 2 rings (SSSR count). The van der Waals surface area contributed by atoms with E-state index in [0.29, 0.717) is 11.4 Å². The van der Waals surface area contributed by atoms with Gasteiger partial charge in [-0.15, -0.1) is 0 Å². The maximum absolute atomic E-state index is 11.5. The molecule has 0 amide bonds. The van der Waals surface area contributed by atoms with Crippen molar-refractivity contribution in [1.82, 2.24) is 5.27 Å². The number of nitro groups is 1. The molecule has 0 atom stereocenters. The second-order valence-electron chi connectivity index (χ2n) is 4.13. The molecule has 18 heavy (non-hydrogen) atoms. The minimum atomic E-state index is -0.476. The van der Waals surface area contributed by atoms with Gasteiger partial charge >= 0.3 is 11.3 Å². The first-order chi connectivity index (χ1) is 8.50. The first-order valence-electron chi connectivity index (χ1n) is 5.39. The summed E-state index contributed by atoms with van der Waals surface area (Å²) in [4.78, 5) is 21.6. The summed E-state index contributed by atoms with van der Waals surface area (Å²) in [6, 6.07) is 5.85. The molecule has 2 aromatic rings. The molecular weight excluding hydrogens is 238 g/mol. The Hall–Kier alpha value is -2.44. The Bertz CT molecular complexity index is 624. The van der Waals surface area contributed by atoms with Crippen LogP contribution in [0.15, 0.2) is 33.6 Å². The zero-order valence-corrected chi connectivity index (χ0v) is 9.91. The summed E-state index contributed by atoms with van der Waals surface area (Å²) < 4.78 is 6.22. The van der Waals surface area contributed by atoms with Gasteiger partial charge in [0, 0.05) is 30.2 Å². The highest BCUT2D eigenvalue weighted by atomic mass is 16.6. The molecule has 0 saturated carbocycles. The largest absolute Gasteiger partial charge is 0.430 e. The van der Waals surface area contributed by atoms with E-state index in [1.807, 2.05) is 13.8 Å². The third-order valence-electron chi connectivity index (χ3n) is 2.55. The lowest BCUT2D eigenvalue weighted by atomic mass is 10.1. The van der Waals surface area contributed by atoms with Gasteiger partial charge in [-0.3, -0.25) is 14.6 Å². The maximum atomic E-state index is 11.5. The Labute approximate surface area is 102 Å². The lowest BCUT2D eigenvalue weighted by Crippen LogP contribution is -2.39. The van der Waals surface area contributed by atoms with Crippen LogP contribution in [0.1, 0.15) is 25.5 Å². The maximum Gasteiger partial charge on any atom is 0.430 e. The Balaban J connectivity index is 2.49. The summed E-state index contributed by atoms with van der Waals surface area (Å²) in [5.74, 6) is -0.0253. The summed E-state index contributed by atoms with van der Waals surface area (Å²) in [6.07, 6.45) is 0. The van der Waals surface area contributed by atoms with Gasteiger partial charge in [0.15, 0.2) is 0 Å². The van der Waals surface area contributed by atoms with Crippen LogP contribution in [0.5, 0.6) is 0 Å². The Kier molecular flexibility index (Phi) is 2.97. The molecule has 0 unspecified atom stereocenters. The van der Waals surface area contributed by atoms with Gasteiger partial charge in [-0.2, -0.15) is 0 Å². The van der Waals surface area contributed by atoms with E-state index < -0.39 is 10.5 Å². The summed E-state index contributed by atoms with van der Waals surface area (Å²) in [5, 5.41) is 13.0. The predicted octanol–water partition coefficient (Wildman–Crippen LogP) is 1.28. The van der Waals surface area contributed by atoms with E-state index in [4.69, 9.17) is 4.52 Å². The van der Waals surface area contributed by atoms with Crippen molar-refractivity contribution < 1.29 is 14.1 Å². The topological polar surface area (TPSA) is 93.0 Å². The van der Waals surface area contributed by atoms with Crippen molar-refractivity contribution in [2.24, 2.45) is 0 Å². The first kappa shape index (κ1) is 12.0. The van der Waals surface area contributed by atoms with E-state index >= 15 is 0 Å². The fourth-order valence-corrected chi connectivity index (χ4v) is 1.69. The summed E-state index contributed by atoms with van der Waals surface area (Å²) in [7, 11) is 0. The number of H-pyrrole nitrogens is 1. The molecular formula is C11H12N3O4+. The number of benzene rings is 1. The number of hydrogen-bond donors (Lipinski definition) is 1. The van der Waals surface area contributed by atoms with Crippen LogP contribution in [0.25, 0.3) is 5.69 Å². The molecule has 1 N–H and O–H groups in total. The van der Waals surface area contributed by atoms with E-state index in [1.54, 1.807) is 12.1 Å². The van der Waals surface area contributed by atoms with E-state index in [1.165, 1.54) is 16.8 Å². The number of rotatable bonds is 3. The quantitative estimate of drug-likeness (QED) is 0.504. The summed E-state index contributed by atoms with van der Waals surface area (Å²) in [5.41, 5.74) is 0.624. The van der Waals surface area contributed by atoms with Crippen LogP contribution in [0, 0.1) is 10.1 Å². The minimum Gasteiger partial charge on any atom is -0.283 e. The fraction of sp³-hybridized carbons (Fsp3) is 0.273. The van der Waals surface area contributed by atoms with Crippen LogP contribution in [-0.4, -0.2) is 10.2 Å². The predicted molar refractivity (Wildman–Crippen MR) is 61.6 cm³/mol. The van der Waals surface area contributed by atoms with Gasteiger partial charge in [-0.1, -0.05) is 13.8 Å². The van der Waals surface area contributed by atoms with Gasteiger partial charge in [0.1, 0.15) is 0 Å². The molecule has 7 nitrogen and oxygen atoms in total. The van der Waals surface area contributed by atoms with Crippen LogP contribution in [-0.2, 0) is 0 Å². The molecule has 0 aliphatic rings. The van der Waals surface area contributed by atoms with Crippen molar-refractivity contribution in [3.8, 4) is 5.69 Å². The third-order valence-corrected chi connectivity index (χ3v) is 2.55. The molecule has 0 saturated heterocycles. The highest BCUT2D eigenvalue weighted by Crippen LogP contribution is 2.13. The third kappa shape index (κ3) is 2.02. The van der Waals surface area contributed by atoms with E-state index in [-0.39, 0.29) is 11.6 Å². The Morgan fingerprint density at radius 1 is 1.33 bits per heavy atom. The summed E-state index contributed by atoms with van der Waals surface area (Å²) >= 11 is 0. The van der Waals surface area contributed by atoms with Gasteiger partial charge < -0.3 is 0 Å². The van der Waals surface area contributed by atoms with Crippen LogP contribution < -0.4 is 10.3 Å². The molecule has 0 aliphatic heterocycles. The van der Waals surface area contributed by atoms with Crippen molar-refractivity contribution in [3.05, 3.63) is 50.5 Å². The molecule has 0 aliphatic carbocycles. The zero-order chi connectivity index (χ0) is 13.3. The SMILES string of the molecule is CC(C)c1c(=O)o[nH][n+]1-c1ccc([N+](=O)[O-])cc1. The van der Waals surface area contributed by atoms with E-state index in [9.17, 15) is 14.9 Å². The van der Waals surface area contributed by atoms with Crippen molar-refractivity contribution in [3.63, 3.8) is 0 Å². The monoisotopic (exact) mass is 250 g/mol. The number of aromatic nitrogens is 2. The number of non-ortho nitro benzene ring substituents is 1. The molecule has 0 radical (unpaired) electrons. The number of nitrogens with zero attached hydrogens (tertiary/aromatic N) is 2. The lowest BCUT2D eigenvalue weighted by molar-refractivity contribution is -0.678. The Morgan fingerprint density at radius 2 is 1.94 bits per heavy atom. The molecule has 0 bridgehead atoms.